The second-order valence-corrected chi connectivity index (χ2v) is 10.2. The Hall–Kier alpha value is -4.49. The second-order valence-electron chi connectivity index (χ2n) is 10.2. The van der Waals surface area contributed by atoms with Crippen molar-refractivity contribution in [2.45, 2.75) is 37.5 Å². The van der Waals surface area contributed by atoms with Gasteiger partial charge in [0, 0.05) is 46.3 Å². The zero-order chi connectivity index (χ0) is 32.0. The summed E-state index contributed by atoms with van der Waals surface area (Å²) in [6, 6.07) is 8.57. The number of aromatic nitrogens is 2. The Labute approximate surface area is 245 Å². The SMILES string of the molecule is COc1cc(C(=O)NCC(c2cc3c(c(-c4ccc(C(F)(F)F)cc4)n2)OCC3C)C(F)(F)F)cc2cc(C(F)F)cnc12. The van der Waals surface area contributed by atoms with Crippen molar-refractivity contribution in [3.63, 3.8) is 0 Å². The van der Waals surface area contributed by atoms with Crippen molar-refractivity contribution in [1.82, 2.24) is 15.3 Å². The highest BCUT2D eigenvalue weighted by atomic mass is 19.4. The number of hydrogen-bond acceptors (Lipinski definition) is 5. The van der Waals surface area contributed by atoms with Gasteiger partial charge in [0.25, 0.3) is 12.3 Å². The van der Waals surface area contributed by atoms with Gasteiger partial charge in [-0.15, -0.1) is 0 Å². The van der Waals surface area contributed by atoms with Crippen LogP contribution in [0.2, 0.25) is 0 Å². The van der Waals surface area contributed by atoms with Crippen molar-refractivity contribution in [1.29, 1.82) is 0 Å². The molecule has 0 saturated carbocycles. The number of alkyl halides is 8. The molecule has 6 nitrogen and oxygen atoms in total. The van der Waals surface area contributed by atoms with E-state index in [0.717, 1.165) is 36.5 Å². The Morgan fingerprint density at radius 3 is 2.39 bits per heavy atom. The third-order valence-corrected chi connectivity index (χ3v) is 7.24. The maximum Gasteiger partial charge on any atom is 0.416 e. The van der Waals surface area contributed by atoms with E-state index in [1.54, 1.807) is 6.92 Å². The van der Waals surface area contributed by atoms with Crippen LogP contribution in [-0.4, -0.2) is 42.3 Å². The van der Waals surface area contributed by atoms with Gasteiger partial charge in [-0.25, -0.2) is 13.8 Å². The summed E-state index contributed by atoms with van der Waals surface area (Å²) in [6.07, 6.45) is -11.4. The van der Waals surface area contributed by atoms with Crippen molar-refractivity contribution in [3.8, 4) is 22.8 Å². The smallest absolute Gasteiger partial charge is 0.416 e. The fraction of sp³-hybridized carbons (Fsp3) is 0.300. The maximum absolute atomic E-state index is 14.4. The largest absolute Gasteiger partial charge is 0.494 e. The average Bonchev–Trinajstić information content (AvgIpc) is 3.35. The van der Waals surface area contributed by atoms with Crippen LogP contribution in [0.1, 0.15) is 57.9 Å². The predicted molar refractivity (Wildman–Crippen MR) is 143 cm³/mol. The first-order chi connectivity index (χ1) is 20.7. The Kier molecular flexibility index (Phi) is 8.12. The Balaban J connectivity index is 1.49. The molecule has 232 valence electrons. The minimum absolute atomic E-state index is 0.0521. The summed E-state index contributed by atoms with van der Waals surface area (Å²) in [7, 11) is 1.26. The van der Waals surface area contributed by atoms with Gasteiger partial charge >= 0.3 is 12.4 Å². The average molecular weight is 626 g/mol. The first-order valence-corrected chi connectivity index (χ1v) is 13.1. The van der Waals surface area contributed by atoms with Crippen LogP contribution in [0.5, 0.6) is 11.5 Å². The van der Waals surface area contributed by atoms with E-state index in [4.69, 9.17) is 9.47 Å². The number of ether oxygens (including phenoxy) is 2. The molecule has 44 heavy (non-hydrogen) atoms. The van der Waals surface area contributed by atoms with Gasteiger partial charge in [-0.1, -0.05) is 19.1 Å². The Morgan fingerprint density at radius 1 is 1.07 bits per heavy atom. The standard InChI is InChI=1S/C30H23F8N3O3/c1-14-13-44-26-20(14)10-22(41-25(26)15-3-5-19(6-4-15)29(33,34)35)21(30(36,37)38)12-40-28(42)17-7-16-8-18(27(31)32)11-39-24(16)23(9-17)43-2/h3-11,14,21,27H,12-13H2,1-2H3,(H,40,42). The van der Waals surface area contributed by atoms with E-state index in [-0.39, 0.29) is 51.7 Å². The summed E-state index contributed by atoms with van der Waals surface area (Å²) in [5.41, 5.74) is -1.34. The lowest BCUT2D eigenvalue weighted by Crippen LogP contribution is -2.35. The van der Waals surface area contributed by atoms with E-state index in [9.17, 15) is 39.9 Å². The molecule has 2 aromatic heterocycles. The number of carbonyl (C=O) groups excluding carboxylic acids is 1. The normalized spacial score (nSPS) is 15.7. The number of carbonyl (C=O) groups is 1. The third kappa shape index (κ3) is 6.10. The molecule has 14 heteroatoms. The number of fused-ring (bicyclic) bond motifs is 2. The summed E-state index contributed by atoms with van der Waals surface area (Å²) >= 11 is 0. The van der Waals surface area contributed by atoms with E-state index in [1.807, 2.05) is 0 Å². The molecule has 2 aromatic carbocycles. The number of halogens is 8. The van der Waals surface area contributed by atoms with Crippen molar-refractivity contribution in [2.75, 3.05) is 20.3 Å². The third-order valence-electron chi connectivity index (χ3n) is 7.24. The van der Waals surface area contributed by atoms with Gasteiger partial charge in [-0.05, 0) is 36.4 Å². The number of rotatable bonds is 7. The van der Waals surface area contributed by atoms with Crippen LogP contribution in [0, 0.1) is 0 Å². The number of pyridine rings is 2. The van der Waals surface area contributed by atoms with Gasteiger partial charge in [-0.3, -0.25) is 9.78 Å². The predicted octanol–water partition coefficient (Wildman–Crippen LogP) is 7.83. The lowest BCUT2D eigenvalue weighted by atomic mass is 9.95. The molecular weight excluding hydrogens is 602 g/mol. The van der Waals surface area contributed by atoms with Crippen LogP contribution in [0.25, 0.3) is 22.2 Å². The van der Waals surface area contributed by atoms with E-state index in [2.05, 4.69) is 15.3 Å². The van der Waals surface area contributed by atoms with E-state index < -0.39 is 54.0 Å². The molecule has 1 aliphatic rings. The van der Waals surface area contributed by atoms with Gasteiger partial charge in [0.05, 0.1) is 25.0 Å². The summed E-state index contributed by atoms with van der Waals surface area (Å²) in [4.78, 5) is 21.2. The topological polar surface area (TPSA) is 73.3 Å². The molecule has 0 spiro atoms. The number of amides is 1. The minimum atomic E-state index is -4.90. The van der Waals surface area contributed by atoms with Gasteiger partial charge in [0.1, 0.15) is 28.6 Å². The minimum Gasteiger partial charge on any atom is -0.494 e. The van der Waals surface area contributed by atoms with Crippen LogP contribution in [0.3, 0.4) is 0 Å². The number of hydrogen-bond donors (Lipinski definition) is 1. The molecular formula is C30H23F8N3O3. The molecule has 0 saturated heterocycles. The lowest BCUT2D eigenvalue weighted by molar-refractivity contribution is -0.149. The highest BCUT2D eigenvalue weighted by Gasteiger charge is 2.43. The molecule has 0 bridgehead atoms. The molecule has 0 radical (unpaired) electrons. The van der Waals surface area contributed by atoms with E-state index >= 15 is 0 Å². The molecule has 2 atom stereocenters. The van der Waals surface area contributed by atoms with Crippen molar-refractivity contribution < 1.29 is 49.4 Å². The van der Waals surface area contributed by atoms with Crippen molar-refractivity contribution in [2.24, 2.45) is 0 Å². The summed E-state index contributed by atoms with van der Waals surface area (Å²) in [6.45, 7) is 0.900. The zero-order valence-electron chi connectivity index (χ0n) is 23.0. The van der Waals surface area contributed by atoms with Gasteiger partial charge < -0.3 is 14.8 Å². The Morgan fingerprint density at radius 2 is 1.77 bits per heavy atom. The van der Waals surface area contributed by atoms with Crippen LogP contribution >= 0.6 is 0 Å². The second kappa shape index (κ2) is 11.5. The number of benzene rings is 2. The molecule has 1 aliphatic heterocycles. The Bertz CT molecular complexity index is 1710. The van der Waals surface area contributed by atoms with Crippen molar-refractivity contribution in [3.05, 3.63) is 82.7 Å². The highest BCUT2D eigenvalue weighted by Crippen LogP contribution is 2.44. The van der Waals surface area contributed by atoms with E-state index in [1.165, 1.54) is 25.3 Å². The number of nitrogens with one attached hydrogen (secondary N) is 1. The van der Waals surface area contributed by atoms with Crippen LogP contribution < -0.4 is 14.8 Å². The number of methoxy groups -OCH3 is 1. The molecule has 3 heterocycles. The van der Waals surface area contributed by atoms with Crippen LogP contribution in [0.4, 0.5) is 35.1 Å². The first kappa shape index (κ1) is 31.0. The zero-order valence-corrected chi connectivity index (χ0v) is 23.0. The summed E-state index contributed by atoms with van der Waals surface area (Å²) < 4.78 is 120. The summed E-state index contributed by atoms with van der Waals surface area (Å²) in [5, 5.41) is 2.36. The van der Waals surface area contributed by atoms with E-state index in [0.29, 0.717) is 5.56 Å². The summed E-state index contributed by atoms with van der Waals surface area (Å²) in [5.74, 6) is -3.36. The van der Waals surface area contributed by atoms with Crippen LogP contribution in [0.15, 0.2) is 54.7 Å². The molecule has 1 N–H and O–H groups in total. The van der Waals surface area contributed by atoms with Gasteiger partial charge in [-0.2, -0.15) is 26.3 Å². The molecule has 0 aliphatic carbocycles. The maximum atomic E-state index is 14.4. The van der Waals surface area contributed by atoms with Crippen LogP contribution in [-0.2, 0) is 6.18 Å². The lowest BCUT2D eigenvalue weighted by Gasteiger charge is -2.22. The van der Waals surface area contributed by atoms with Crippen molar-refractivity contribution >= 4 is 16.8 Å². The fourth-order valence-electron chi connectivity index (χ4n) is 4.91. The first-order valence-electron chi connectivity index (χ1n) is 13.1. The molecule has 2 unspecified atom stereocenters. The van der Waals surface area contributed by atoms with Gasteiger partial charge in [0.15, 0.2) is 0 Å². The molecule has 5 rings (SSSR count). The fourth-order valence-corrected chi connectivity index (χ4v) is 4.91. The van der Waals surface area contributed by atoms with Gasteiger partial charge in [0.2, 0.25) is 0 Å². The molecule has 0 fully saturated rings. The quantitative estimate of drug-likeness (QED) is 0.212. The number of nitrogens with zero attached hydrogens (tertiary/aromatic N) is 2. The monoisotopic (exact) mass is 625 g/mol. The highest BCUT2D eigenvalue weighted by molar-refractivity contribution is 6.00. The molecule has 1 amide bonds. The molecule has 4 aromatic rings.